The van der Waals surface area contributed by atoms with Crippen molar-refractivity contribution in [2.45, 2.75) is 12.5 Å². The molecular formula is C11H11ClF2N2. The molecule has 1 heterocycles. The predicted octanol–water partition coefficient (Wildman–Crippen LogP) is 3.10. The number of rotatable bonds is 2. The van der Waals surface area contributed by atoms with Gasteiger partial charge in [0.15, 0.2) is 0 Å². The van der Waals surface area contributed by atoms with Crippen molar-refractivity contribution in [3.63, 3.8) is 0 Å². The number of hydrogen-bond acceptors (Lipinski definition) is 1. The molecule has 0 aliphatic heterocycles. The van der Waals surface area contributed by atoms with E-state index in [-0.39, 0.29) is 0 Å². The van der Waals surface area contributed by atoms with Crippen molar-refractivity contribution in [1.82, 2.24) is 4.57 Å². The summed E-state index contributed by atoms with van der Waals surface area (Å²) in [6, 6.07) is 3.87. The van der Waals surface area contributed by atoms with E-state index >= 15 is 0 Å². The molecule has 1 aromatic carbocycles. The molecule has 0 saturated carbocycles. The zero-order chi connectivity index (χ0) is 11.9. The van der Waals surface area contributed by atoms with Gasteiger partial charge < -0.3 is 10.3 Å². The number of alkyl halides is 2. The van der Waals surface area contributed by atoms with E-state index in [4.69, 9.17) is 17.3 Å². The fourth-order valence-corrected chi connectivity index (χ4v) is 1.96. The van der Waals surface area contributed by atoms with Crippen LogP contribution in [0.15, 0.2) is 24.4 Å². The number of nitrogens with two attached hydrogens (primary N) is 1. The van der Waals surface area contributed by atoms with Crippen LogP contribution in [0.4, 0.5) is 8.78 Å². The van der Waals surface area contributed by atoms with Gasteiger partial charge in [0.1, 0.15) is 0 Å². The third-order valence-corrected chi connectivity index (χ3v) is 2.85. The fourth-order valence-electron chi connectivity index (χ4n) is 1.79. The first-order valence-corrected chi connectivity index (χ1v) is 5.16. The minimum Gasteiger partial charge on any atom is -0.350 e. The normalized spacial score (nSPS) is 13.6. The van der Waals surface area contributed by atoms with Crippen LogP contribution < -0.4 is 5.73 Å². The highest BCUT2D eigenvalue weighted by Gasteiger charge is 2.21. The van der Waals surface area contributed by atoms with Crippen LogP contribution in [-0.2, 0) is 7.05 Å². The maximum atomic E-state index is 12.6. The van der Waals surface area contributed by atoms with E-state index in [1.54, 1.807) is 36.0 Å². The zero-order valence-electron chi connectivity index (χ0n) is 8.62. The molecule has 0 aliphatic carbocycles. The summed E-state index contributed by atoms with van der Waals surface area (Å²) in [7, 11) is 1.78. The zero-order valence-corrected chi connectivity index (χ0v) is 9.38. The van der Waals surface area contributed by atoms with Crippen molar-refractivity contribution >= 4 is 22.5 Å². The van der Waals surface area contributed by atoms with Crippen LogP contribution in [0.1, 0.15) is 11.6 Å². The van der Waals surface area contributed by atoms with Gasteiger partial charge in [-0.3, -0.25) is 0 Å². The molecule has 2 nitrogen and oxygen atoms in total. The summed E-state index contributed by atoms with van der Waals surface area (Å²) in [5.74, 6) is 0. The maximum absolute atomic E-state index is 12.6. The summed E-state index contributed by atoms with van der Waals surface area (Å²) in [6.45, 7) is 0. The van der Waals surface area contributed by atoms with E-state index in [1.165, 1.54) is 0 Å². The molecule has 16 heavy (non-hydrogen) atoms. The first kappa shape index (κ1) is 11.4. The van der Waals surface area contributed by atoms with Crippen molar-refractivity contribution in [2.24, 2.45) is 12.8 Å². The lowest BCUT2D eigenvalue weighted by atomic mass is 10.1. The maximum Gasteiger partial charge on any atom is 0.257 e. The van der Waals surface area contributed by atoms with Gasteiger partial charge in [-0.15, -0.1) is 0 Å². The number of hydrogen-bond donors (Lipinski definition) is 1. The van der Waals surface area contributed by atoms with E-state index in [0.29, 0.717) is 10.6 Å². The molecule has 1 aromatic heterocycles. The lowest BCUT2D eigenvalue weighted by Gasteiger charge is -2.08. The topological polar surface area (TPSA) is 30.9 Å². The number of fused-ring (bicyclic) bond motifs is 1. The quantitative estimate of drug-likeness (QED) is 0.865. The number of aryl methyl sites for hydroxylation is 1. The van der Waals surface area contributed by atoms with E-state index in [0.717, 1.165) is 10.9 Å². The minimum absolute atomic E-state index is 0.448. The summed E-state index contributed by atoms with van der Waals surface area (Å²) in [5, 5.41) is 1.30. The van der Waals surface area contributed by atoms with Gasteiger partial charge in [0.25, 0.3) is 6.43 Å². The summed E-state index contributed by atoms with van der Waals surface area (Å²) < 4.78 is 26.9. The molecule has 2 N–H and O–H groups in total. The molecular weight excluding hydrogens is 234 g/mol. The molecule has 0 amide bonds. The first-order chi connectivity index (χ1) is 7.50. The molecule has 0 fully saturated rings. The Labute approximate surface area is 96.6 Å². The molecule has 1 atom stereocenters. The number of halogens is 3. The molecule has 0 spiro atoms. The van der Waals surface area contributed by atoms with Gasteiger partial charge in [-0.2, -0.15) is 0 Å². The second-order valence-electron chi connectivity index (χ2n) is 3.72. The molecule has 0 aliphatic rings. The Morgan fingerprint density at radius 2 is 2.06 bits per heavy atom. The Morgan fingerprint density at radius 3 is 2.69 bits per heavy atom. The highest BCUT2D eigenvalue weighted by atomic mass is 35.5. The molecule has 0 bridgehead atoms. The number of nitrogens with zero attached hydrogens (tertiary/aromatic N) is 1. The number of aromatic nitrogens is 1. The SMILES string of the molecule is Cn1cc(C(N)C(F)F)c2ccc(Cl)cc21. The second-order valence-corrected chi connectivity index (χ2v) is 4.15. The summed E-state index contributed by atoms with van der Waals surface area (Å²) in [4.78, 5) is 0. The van der Waals surface area contributed by atoms with Gasteiger partial charge >= 0.3 is 0 Å². The largest absolute Gasteiger partial charge is 0.350 e. The van der Waals surface area contributed by atoms with E-state index in [9.17, 15) is 8.78 Å². The van der Waals surface area contributed by atoms with Gasteiger partial charge in [0, 0.05) is 34.7 Å². The molecule has 86 valence electrons. The van der Waals surface area contributed by atoms with E-state index in [1.807, 2.05) is 0 Å². The molecule has 2 rings (SSSR count). The smallest absolute Gasteiger partial charge is 0.257 e. The van der Waals surface area contributed by atoms with Gasteiger partial charge in [0.05, 0.1) is 6.04 Å². The summed E-state index contributed by atoms with van der Waals surface area (Å²) in [6.07, 6.45) is -0.945. The molecule has 0 saturated heterocycles. The van der Waals surface area contributed by atoms with E-state index in [2.05, 4.69) is 0 Å². The Kier molecular flexibility index (Phi) is 2.86. The average Bonchev–Trinajstić information content (AvgIpc) is 2.55. The minimum atomic E-state index is -2.57. The highest BCUT2D eigenvalue weighted by Crippen LogP contribution is 2.29. The van der Waals surface area contributed by atoms with Crippen LogP contribution in [0.2, 0.25) is 5.02 Å². The van der Waals surface area contributed by atoms with Gasteiger partial charge in [-0.25, -0.2) is 8.78 Å². The van der Waals surface area contributed by atoms with E-state index < -0.39 is 12.5 Å². The van der Waals surface area contributed by atoms with Crippen molar-refractivity contribution in [3.05, 3.63) is 35.0 Å². The van der Waals surface area contributed by atoms with Gasteiger partial charge in [0.2, 0.25) is 0 Å². The van der Waals surface area contributed by atoms with Crippen molar-refractivity contribution in [3.8, 4) is 0 Å². The lowest BCUT2D eigenvalue weighted by Crippen LogP contribution is -2.18. The third kappa shape index (κ3) is 1.79. The standard InChI is InChI=1S/C11H11ClF2N2/c1-16-5-8(10(15)11(13)14)7-3-2-6(12)4-9(7)16/h2-5,10-11H,15H2,1H3. The Morgan fingerprint density at radius 1 is 1.38 bits per heavy atom. The van der Waals surface area contributed by atoms with Crippen LogP contribution in [-0.4, -0.2) is 11.0 Å². The van der Waals surface area contributed by atoms with Crippen LogP contribution >= 0.6 is 11.6 Å². The molecule has 1 unspecified atom stereocenters. The summed E-state index contributed by atoms with van der Waals surface area (Å²) in [5.41, 5.74) is 6.71. The van der Waals surface area contributed by atoms with Crippen molar-refractivity contribution in [1.29, 1.82) is 0 Å². The van der Waals surface area contributed by atoms with Gasteiger partial charge in [-0.1, -0.05) is 17.7 Å². The Balaban J connectivity index is 2.64. The molecule has 0 radical (unpaired) electrons. The Bertz CT molecular complexity index is 522. The second kappa shape index (κ2) is 4.03. The summed E-state index contributed by atoms with van der Waals surface area (Å²) >= 11 is 5.85. The van der Waals surface area contributed by atoms with Gasteiger partial charge in [-0.05, 0) is 12.1 Å². The van der Waals surface area contributed by atoms with Crippen molar-refractivity contribution in [2.75, 3.05) is 0 Å². The van der Waals surface area contributed by atoms with Crippen molar-refractivity contribution < 1.29 is 8.78 Å². The average molecular weight is 245 g/mol. The molecule has 5 heteroatoms. The highest BCUT2D eigenvalue weighted by molar-refractivity contribution is 6.31. The number of benzene rings is 1. The first-order valence-electron chi connectivity index (χ1n) is 4.79. The fraction of sp³-hybridized carbons (Fsp3) is 0.273. The molecule has 2 aromatic rings. The van der Waals surface area contributed by atoms with Crippen LogP contribution in [0.5, 0.6) is 0 Å². The van der Waals surface area contributed by atoms with Crippen LogP contribution in [0, 0.1) is 0 Å². The monoisotopic (exact) mass is 244 g/mol. The van der Waals surface area contributed by atoms with Crippen LogP contribution in [0.3, 0.4) is 0 Å². The Hall–Kier alpha value is -1.13. The third-order valence-electron chi connectivity index (χ3n) is 2.61. The lowest BCUT2D eigenvalue weighted by molar-refractivity contribution is 0.117. The predicted molar refractivity (Wildman–Crippen MR) is 60.9 cm³/mol. The van der Waals surface area contributed by atoms with Crippen LogP contribution in [0.25, 0.3) is 10.9 Å².